The van der Waals surface area contributed by atoms with Crippen LogP contribution in [0.25, 0.3) is 0 Å². The molecule has 0 aromatic heterocycles. The number of hydrogen-bond acceptors (Lipinski definition) is 8. The molecule has 0 aromatic carbocycles. The van der Waals surface area contributed by atoms with Gasteiger partial charge in [0.2, 0.25) is 0 Å². The highest BCUT2D eigenvalue weighted by molar-refractivity contribution is 7.47. The quantitative estimate of drug-likeness (QED) is 0.0264. The van der Waals surface area contributed by atoms with Gasteiger partial charge in [0.15, 0.2) is 6.10 Å². The number of phosphoric acid groups is 1. The van der Waals surface area contributed by atoms with Gasteiger partial charge < -0.3 is 20.1 Å². The second-order valence-corrected chi connectivity index (χ2v) is 22.0. The number of rotatable bonds is 58. The number of esters is 2. The topological polar surface area (TPSA) is 134 Å². The Bertz CT molecular complexity index is 1200. The predicted molar refractivity (Wildman–Crippen MR) is 298 cm³/mol. The molecular formula is C60H116NO8P. The highest BCUT2D eigenvalue weighted by Crippen LogP contribution is 2.43. The minimum Gasteiger partial charge on any atom is -0.462 e. The SMILES string of the molecule is CCCCCCC/C=C\CCCCCCCC(=O)OCC(COP(=O)(O)OCCN)OC(=O)CCCCCCCCCCCCCCCCCCCCCCCCC/C=C\CCCCCCCCCC. The lowest BCUT2D eigenvalue weighted by Crippen LogP contribution is -2.29. The second kappa shape index (κ2) is 56.8. The van der Waals surface area contributed by atoms with Crippen LogP contribution in [0, 0.1) is 0 Å². The molecule has 0 aliphatic carbocycles. The molecule has 0 aliphatic heterocycles. The number of carbonyl (C=O) groups is 2. The zero-order valence-electron chi connectivity index (χ0n) is 46.3. The Balaban J connectivity index is 3.78. The first-order chi connectivity index (χ1) is 34.3. The normalized spacial score (nSPS) is 13.1. The molecule has 0 radical (unpaired) electrons. The maximum absolute atomic E-state index is 12.7. The summed E-state index contributed by atoms with van der Waals surface area (Å²) in [6, 6.07) is 0. The van der Waals surface area contributed by atoms with Crippen molar-refractivity contribution < 1.29 is 37.6 Å². The summed E-state index contributed by atoms with van der Waals surface area (Å²) in [4.78, 5) is 35.1. The summed E-state index contributed by atoms with van der Waals surface area (Å²) in [5.41, 5.74) is 5.38. The Kier molecular flexibility index (Phi) is 55.6. The van der Waals surface area contributed by atoms with E-state index < -0.39 is 26.5 Å². The van der Waals surface area contributed by atoms with Crippen molar-refractivity contribution in [1.29, 1.82) is 0 Å². The molecule has 0 heterocycles. The lowest BCUT2D eigenvalue weighted by molar-refractivity contribution is -0.161. The van der Waals surface area contributed by atoms with Gasteiger partial charge >= 0.3 is 19.8 Å². The highest BCUT2D eigenvalue weighted by atomic mass is 31.2. The molecule has 0 aromatic rings. The van der Waals surface area contributed by atoms with Crippen LogP contribution in [-0.4, -0.2) is 49.3 Å². The monoisotopic (exact) mass is 1010 g/mol. The maximum atomic E-state index is 12.7. The largest absolute Gasteiger partial charge is 0.472 e. The molecule has 70 heavy (non-hydrogen) atoms. The van der Waals surface area contributed by atoms with Crippen LogP contribution < -0.4 is 5.73 Å². The van der Waals surface area contributed by atoms with Crippen molar-refractivity contribution in [3.63, 3.8) is 0 Å². The second-order valence-electron chi connectivity index (χ2n) is 20.6. The van der Waals surface area contributed by atoms with Crippen LogP contribution >= 0.6 is 7.82 Å². The van der Waals surface area contributed by atoms with Crippen LogP contribution in [0.15, 0.2) is 24.3 Å². The number of nitrogens with two attached hydrogens (primary N) is 1. The molecule has 9 nitrogen and oxygen atoms in total. The zero-order valence-corrected chi connectivity index (χ0v) is 47.2. The third-order valence-corrected chi connectivity index (χ3v) is 14.5. The van der Waals surface area contributed by atoms with E-state index >= 15 is 0 Å². The number of carbonyl (C=O) groups excluding carboxylic acids is 2. The van der Waals surface area contributed by atoms with Crippen LogP contribution in [0.4, 0.5) is 0 Å². The molecule has 0 bridgehead atoms. The van der Waals surface area contributed by atoms with Crippen LogP contribution in [0.1, 0.15) is 316 Å². The van der Waals surface area contributed by atoms with Crippen molar-refractivity contribution in [2.45, 2.75) is 322 Å². The Labute approximate surface area is 433 Å². The number of hydrogen-bond donors (Lipinski definition) is 2. The van der Waals surface area contributed by atoms with Crippen molar-refractivity contribution in [1.82, 2.24) is 0 Å². The Hall–Kier alpha value is -1.51. The number of allylic oxidation sites excluding steroid dienone is 4. The van der Waals surface area contributed by atoms with Gasteiger partial charge in [-0.15, -0.1) is 0 Å². The fourth-order valence-electron chi connectivity index (χ4n) is 9.04. The van der Waals surface area contributed by atoms with Crippen LogP contribution in [0.2, 0.25) is 0 Å². The molecule has 0 spiro atoms. The minimum absolute atomic E-state index is 0.0548. The van der Waals surface area contributed by atoms with Crippen molar-refractivity contribution in [3.05, 3.63) is 24.3 Å². The zero-order chi connectivity index (χ0) is 51.0. The molecular weight excluding hydrogens is 894 g/mol. The molecule has 0 saturated heterocycles. The maximum Gasteiger partial charge on any atom is 0.472 e. The van der Waals surface area contributed by atoms with Gasteiger partial charge in [-0.25, -0.2) is 4.57 Å². The van der Waals surface area contributed by atoms with E-state index in [9.17, 15) is 19.0 Å². The summed E-state index contributed by atoms with van der Waals surface area (Å²) in [5.74, 6) is -0.822. The van der Waals surface area contributed by atoms with E-state index in [1.165, 1.54) is 231 Å². The van der Waals surface area contributed by atoms with Crippen LogP contribution in [-0.2, 0) is 32.7 Å². The van der Waals surface area contributed by atoms with Crippen LogP contribution in [0.5, 0.6) is 0 Å². The van der Waals surface area contributed by atoms with Gasteiger partial charge in [0.05, 0.1) is 13.2 Å². The van der Waals surface area contributed by atoms with E-state index in [1.54, 1.807) is 0 Å². The van der Waals surface area contributed by atoms with E-state index in [-0.39, 0.29) is 38.6 Å². The summed E-state index contributed by atoms with van der Waals surface area (Å²) in [5, 5.41) is 0. The number of ether oxygens (including phenoxy) is 2. The summed E-state index contributed by atoms with van der Waals surface area (Å²) in [6.45, 7) is 3.77. The molecule has 0 aliphatic rings. The molecule has 414 valence electrons. The summed E-state index contributed by atoms with van der Waals surface area (Å²) < 4.78 is 33.0. The summed E-state index contributed by atoms with van der Waals surface area (Å²) >= 11 is 0. The Morgan fingerprint density at radius 3 is 1.01 bits per heavy atom. The molecule has 0 saturated carbocycles. The average molecular weight is 1010 g/mol. The van der Waals surface area contributed by atoms with Crippen molar-refractivity contribution in [2.75, 3.05) is 26.4 Å². The van der Waals surface area contributed by atoms with E-state index in [0.29, 0.717) is 6.42 Å². The Morgan fingerprint density at radius 1 is 0.414 bits per heavy atom. The smallest absolute Gasteiger partial charge is 0.462 e. The van der Waals surface area contributed by atoms with Gasteiger partial charge in [-0.1, -0.05) is 263 Å². The molecule has 3 N–H and O–H groups in total. The van der Waals surface area contributed by atoms with Gasteiger partial charge in [-0.3, -0.25) is 18.6 Å². The first-order valence-corrected chi connectivity index (χ1v) is 31.8. The van der Waals surface area contributed by atoms with Crippen molar-refractivity contribution >= 4 is 19.8 Å². The van der Waals surface area contributed by atoms with E-state index in [4.69, 9.17) is 24.3 Å². The van der Waals surface area contributed by atoms with Crippen LogP contribution in [0.3, 0.4) is 0 Å². The highest BCUT2D eigenvalue weighted by Gasteiger charge is 2.26. The first-order valence-electron chi connectivity index (χ1n) is 30.3. The number of unbranched alkanes of at least 4 members (excludes halogenated alkanes) is 41. The Morgan fingerprint density at radius 2 is 0.700 bits per heavy atom. The van der Waals surface area contributed by atoms with Gasteiger partial charge in [-0.2, -0.15) is 0 Å². The third kappa shape index (κ3) is 55.8. The minimum atomic E-state index is -4.38. The fraction of sp³-hybridized carbons (Fsp3) is 0.900. The summed E-state index contributed by atoms with van der Waals surface area (Å²) in [7, 11) is -4.38. The molecule has 2 unspecified atom stereocenters. The standard InChI is InChI=1S/C60H116NO8P/c1-3-5-7-9-11-13-15-17-19-20-21-22-23-24-25-26-27-28-29-30-31-32-33-34-35-36-37-38-39-41-43-45-47-49-51-53-60(63)69-58(57-68-70(64,65)67-55-54-61)56-66-59(62)52-50-48-46-44-42-40-18-16-14-12-10-8-6-4-2/h16,18,20-21,58H,3-15,17,19,22-57,61H2,1-2H3,(H,64,65)/b18-16-,21-20-. The average Bonchev–Trinajstić information content (AvgIpc) is 3.35. The molecule has 0 rings (SSSR count). The third-order valence-electron chi connectivity index (χ3n) is 13.6. The van der Waals surface area contributed by atoms with E-state index in [1.807, 2.05) is 0 Å². The number of phosphoric ester groups is 1. The van der Waals surface area contributed by atoms with E-state index in [2.05, 4.69) is 38.2 Å². The van der Waals surface area contributed by atoms with Gasteiger partial charge in [0, 0.05) is 19.4 Å². The predicted octanol–water partition coefficient (Wildman–Crippen LogP) is 19.0. The van der Waals surface area contributed by atoms with Crippen molar-refractivity contribution in [3.8, 4) is 0 Å². The van der Waals surface area contributed by atoms with Gasteiger partial charge in [-0.05, 0) is 64.2 Å². The molecule has 0 fully saturated rings. The lowest BCUT2D eigenvalue weighted by Gasteiger charge is -2.19. The summed E-state index contributed by atoms with van der Waals surface area (Å²) in [6.07, 6.45) is 67.0. The first kappa shape index (κ1) is 68.5. The molecule has 10 heteroatoms. The molecule has 2 atom stereocenters. The van der Waals surface area contributed by atoms with Crippen molar-refractivity contribution in [2.24, 2.45) is 5.73 Å². The molecule has 0 amide bonds. The van der Waals surface area contributed by atoms with E-state index in [0.717, 1.165) is 51.4 Å². The van der Waals surface area contributed by atoms with Gasteiger partial charge in [0.1, 0.15) is 6.61 Å². The van der Waals surface area contributed by atoms with Gasteiger partial charge in [0.25, 0.3) is 0 Å². The lowest BCUT2D eigenvalue weighted by atomic mass is 10.0. The fourth-order valence-corrected chi connectivity index (χ4v) is 9.81.